The highest BCUT2D eigenvalue weighted by atomic mass is 16.2. The number of piperidine rings is 1. The van der Waals surface area contributed by atoms with Crippen molar-refractivity contribution in [3.8, 4) is 0 Å². The van der Waals surface area contributed by atoms with E-state index in [1.54, 1.807) is 17.3 Å². The monoisotopic (exact) mass is 406 g/mol. The van der Waals surface area contributed by atoms with E-state index < -0.39 is 5.41 Å². The molecule has 1 saturated heterocycles. The summed E-state index contributed by atoms with van der Waals surface area (Å²) in [6.07, 6.45) is 5.06. The number of hydrogen-bond acceptors (Lipinski definition) is 4. The van der Waals surface area contributed by atoms with Gasteiger partial charge in [-0.05, 0) is 67.2 Å². The summed E-state index contributed by atoms with van der Waals surface area (Å²) in [6, 6.07) is 9.46. The molecule has 1 N–H and O–H groups in total. The molecule has 2 aliphatic rings. The minimum Gasteiger partial charge on any atom is -0.348 e. The van der Waals surface area contributed by atoms with Gasteiger partial charge in [0.05, 0.1) is 5.41 Å². The van der Waals surface area contributed by atoms with Gasteiger partial charge in [-0.3, -0.25) is 14.6 Å². The van der Waals surface area contributed by atoms with E-state index in [1.165, 1.54) is 0 Å². The van der Waals surface area contributed by atoms with Crippen molar-refractivity contribution in [2.75, 3.05) is 31.6 Å². The van der Waals surface area contributed by atoms with Gasteiger partial charge in [0, 0.05) is 43.8 Å². The first-order valence-electron chi connectivity index (χ1n) is 10.7. The van der Waals surface area contributed by atoms with Gasteiger partial charge in [-0.15, -0.1) is 0 Å². The molecular formula is C24H30N4O2. The molecule has 2 aromatic rings. The summed E-state index contributed by atoms with van der Waals surface area (Å²) in [7, 11) is 1.85. The summed E-state index contributed by atoms with van der Waals surface area (Å²) in [6.45, 7) is 7.76. The number of nitrogens with zero attached hydrogens (tertiary/aromatic N) is 3. The van der Waals surface area contributed by atoms with Gasteiger partial charge in [0.1, 0.15) is 0 Å². The molecule has 0 bridgehead atoms. The first kappa shape index (κ1) is 20.5. The van der Waals surface area contributed by atoms with E-state index in [9.17, 15) is 9.59 Å². The van der Waals surface area contributed by atoms with Crippen LogP contribution >= 0.6 is 0 Å². The van der Waals surface area contributed by atoms with Crippen molar-refractivity contribution in [1.29, 1.82) is 0 Å². The van der Waals surface area contributed by atoms with Crippen molar-refractivity contribution in [2.45, 2.75) is 38.6 Å². The normalized spacial score (nSPS) is 18.1. The zero-order valence-corrected chi connectivity index (χ0v) is 18.0. The quantitative estimate of drug-likeness (QED) is 0.829. The maximum Gasteiger partial charge on any atom is 0.251 e. The minimum atomic E-state index is -0.503. The molecule has 0 saturated carbocycles. The van der Waals surface area contributed by atoms with Gasteiger partial charge in [-0.25, -0.2) is 0 Å². The Morgan fingerprint density at radius 1 is 1.23 bits per heavy atom. The maximum absolute atomic E-state index is 13.3. The molecule has 158 valence electrons. The lowest BCUT2D eigenvalue weighted by atomic mass is 9.73. The van der Waals surface area contributed by atoms with Gasteiger partial charge >= 0.3 is 0 Å². The zero-order chi connectivity index (χ0) is 21.3. The fourth-order valence-electron chi connectivity index (χ4n) is 4.80. The second-order valence-corrected chi connectivity index (χ2v) is 8.92. The van der Waals surface area contributed by atoms with Gasteiger partial charge < -0.3 is 15.1 Å². The third-order valence-electron chi connectivity index (χ3n) is 6.36. The summed E-state index contributed by atoms with van der Waals surface area (Å²) in [4.78, 5) is 34.3. The van der Waals surface area contributed by atoms with Crippen LogP contribution in [-0.2, 0) is 16.8 Å². The van der Waals surface area contributed by atoms with Gasteiger partial charge in [0.25, 0.3) is 5.91 Å². The van der Waals surface area contributed by atoms with Crippen LogP contribution in [0.5, 0.6) is 0 Å². The van der Waals surface area contributed by atoms with Crippen LogP contribution in [0.15, 0.2) is 42.7 Å². The van der Waals surface area contributed by atoms with E-state index in [-0.39, 0.29) is 11.8 Å². The van der Waals surface area contributed by atoms with Crippen molar-refractivity contribution in [3.63, 3.8) is 0 Å². The Morgan fingerprint density at radius 3 is 2.67 bits per heavy atom. The number of carbonyl (C=O) groups excluding carboxylic acids is 2. The average Bonchev–Trinajstić information content (AvgIpc) is 2.96. The highest BCUT2D eigenvalue weighted by Gasteiger charge is 2.51. The van der Waals surface area contributed by atoms with Gasteiger partial charge in [0.2, 0.25) is 5.91 Å². The fraction of sp³-hybridized carbons (Fsp3) is 0.458. The van der Waals surface area contributed by atoms with Crippen LogP contribution in [0.2, 0.25) is 0 Å². The highest BCUT2D eigenvalue weighted by Crippen LogP contribution is 2.47. The SMILES string of the molecule is CC(C)CN1CCC2(CC1)C(=O)N(C)c1ccc(C(=O)NCc3cccnc3)cc12. The molecule has 2 amide bonds. The number of likely N-dealkylation sites (N-methyl/N-ethyl adjacent to an activating group) is 1. The Labute approximate surface area is 178 Å². The standard InChI is InChI=1S/C24H30N4O2/c1-17(2)16-28-11-8-24(9-12-28)20-13-19(6-7-21(20)27(3)23(24)30)22(29)26-15-18-5-4-10-25-14-18/h4-7,10,13-14,17H,8-9,11-12,15-16H2,1-3H3,(H,26,29). The Hall–Kier alpha value is -2.73. The molecule has 6 nitrogen and oxygen atoms in total. The lowest BCUT2D eigenvalue weighted by Gasteiger charge is -2.39. The molecule has 0 radical (unpaired) electrons. The third-order valence-corrected chi connectivity index (χ3v) is 6.36. The molecule has 1 fully saturated rings. The van der Waals surface area contributed by atoms with Crippen molar-refractivity contribution >= 4 is 17.5 Å². The summed E-state index contributed by atoms with van der Waals surface area (Å²) < 4.78 is 0. The number of hydrogen-bond donors (Lipinski definition) is 1. The topological polar surface area (TPSA) is 65.5 Å². The summed E-state index contributed by atoms with van der Waals surface area (Å²) >= 11 is 0. The van der Waals surface area contributed by atoms with E-state index in [2.05, 4.69) is 29.0 Å². The van der Waals surface area contributed by atoms with Crippen molar-refractivity contribution in [1.82, 2.24) is 15.2 Å². The molecule has 0 unspecified atom stereocenters. The van der Waals surface area contributed by atoms with Crippen LogP contribution in [0.3, 0.4) is 0 Å². The van der Waals surface area contributed by atoms with Crippen LogP contribution in [0.4, 0.5) is 5.69 Å². The van der Waals surface area contributed by atoms with Crippen molar-refractivity contribution in [3.05, 3.63) is 59.4 Å². The Bertz CT molecular complexity index is 933. The van der Waals surface area contributed by atoms with Crippen LogP contribution in [0, 0.1) is 5.92 Å². The van der Waals surface area contributed by atoms with E-state index >= 15 is 0 Å². The van der Waals surface area contributed by atoms with Gasteiger partial charge in [0.15, 0.2) is 0 Å². The molecular weight excluding hydrogens is 376 g/mol. The molecule has 3 heterocycles. The number of anilines is 1. The van der Waals surface area contributed by atoms with E-state index in [0.29, 0.717) is 18.0 Å². The summed E-state index contributed by atoms with van der Waals surface area (Å²) in [5.74, 6) is 0.647. The number of benzene rings is 1. The lowest BCUT2D eigenvalue weighted by molar-refractivity contribution is -0.124. The molecule has 30 heavy (non-hydrogen) atoms. The van der Waals surface area contributed by atoms with Crippen molar-refractivity contribution in [2.24, 2.45) is 5.92 Å². The van der Waals surface area contributed by atoms with Crippen LogP contribution in [0.25, 0.3) is 0 Å². The molecule has 1 aromatic heterocycles. The number of nitrogens with one attached hydrogen (secondary N) is 1. The maximum atomic E-state index is 13.3. The van der Waals surface area contributed by atoms with Crippen molar-refractivity contribution < 1.29 is 9.59 Å². The number of likely N-dealkylation sites (tertiary alicyclic amines) is 1. The largest absolute Gasteiger partial charge is 0.348 e. The Balaban J connectivity index is 1.55. The smallest absolute Gasteiger partial charge is 0.251 e. The molecule has 2 aliphatic heterocycles. The Morgan fingerprint density at radius 2 is 2.00 bits per heavy atom. The molecule has 0 aliphatic carbocycles. The number of carbonyl (C=O) groups is 2. The predicted molar refractivity (Wildman–Crippen MR) is 117 cm³/mol. The minimum absolute atomic E-state index is 0.129. The second kappa shape index (κ2) is 8.19. The van der Waals surface area contributed by atoms with E-state index in [4.69, 9.17) is 0 Å². The zero-order valence-electron chi connectivity index (χ0n) is 18.0. The first-order chi connectivity index (χ1) is 14.4. The second-order valence-electron chi connectivity index (χ2n) is 8.92. The van der Waals surface area contributed by atoms with Crippen LogP contribution in [0.1, 0.15) is 48.2 Å². The van der Waals surface area contributed by atoms with E-state index in [1.807, 2.05) is 37.4 Å². The highest BCUT2D eigenvalue weighted by molar-refractivity contribution is 6.09. The number of amides is 2. The Kier molecular flexibility index (Phi) is 5.60. The average molecular weight is 407 g/mol. The van der Waals surface area contributed by atoms with Gasteiger partial charge in [-0.1, -0.05) is 19.9 Å². The number of rotatable bonds is 5. The number of aromatic nitrogens is 1. The number of pyridine rings is 1. The van der Waals surface area contributed by atoms with E-state index in [0.717, 1.165) is 49.3 Å². The molecule has 1 aromatic carbocycles. The summed E-state index contributed by atoms with van der Waals surface area (Å²) in [5.41, 5.74) is 2.99. The molecule has 0 atom stereocenters. The first-order valence-corrected chi connectivity index (χ1v) is 10.7. The molecule has 6 heteroatoms. The molecule has 1 spiro atoms. The van der Waals surface area contributed by atoms with Gasteiger partial charge in [-0.2, -0.15) is 0 Å². The third kappa shape index (κ3) is 3.72. The lowest BCUT2D eigenvalue weighted by Crippen LogP contribution is -2.48. The predicted octanol–water partition coefficient (Wildman–Crippen LogP) is 2.98. The molecule has 4 rings (SSSR count). The summed E-state index contributed by atoms with van der Waals surface area (Å²) in [5, 5.41) is 2.96. The van der Waals surface area contributed by atoms with Crippen LogP contribution < -0.4 is 10.2 Å². The number of fused-ring (bicyclic) bond motifs is 2. The fourth-order valence-corrected chi connectivity index (χ4v) is 4.80. The van der Waals surface area contributed by atoms with Crippen LogP contribution in [-0.4, -0.2) is 48.4 Å².